The van der Waals surface area contributed by atoms with Gasteiger partial charge in [0.2, 0.25) is 0 Å². The lowest BCUT2D eigenvalue weighted by Gasteiger charge is -2.30. The fourth-order valence-corrected chi connectivity index (χ4v) is 2.32. The lowest BCUT2D eigenvalue weighted by atomic mass is 9.94. The van der Waals surface area contributed by atoms with Crippen molar-refractivity contribution in [3.63, 3.8) is 0 Å². The van der Waals surface area contributed by atoms with E-state index in [9.17, 15) is 0 Å². The third kappa shape index (κ3) is 1.92. The average Bonchev–Trinajstić information content (AvgIpc) is 2.40. The van der Waals surface area contributed by atoms with E-state index >= 15 is 0 Å². The Kier molecular flexibility index (Phi) is 2.57. The molecule has 0 spiro atoms. The summed E-state index contributed by atoms with van der Waals surface area (Å²) in [6.45, 7) is 0. The molecular formula is C15H15NO. The molecule has 0 radical (unpaired) electrons. The Morgan fingerprint density at radius 3 is 2.47 bits per heavy atom. The van der Waals surface area contributed by atoms with E-state index in [1.54, 1.807) is 0 Å². The normalized spacial score (nSPS) is 22.6. The molecule has 2 heteroatoms. The molecule has 0 aromatic heterocycles. The second-order valence-corrected chi connectivity index (χ2v) is 4.40. The Balaban J connectivity index is 1.94. The molecular weight excluding hydrogens is 210 g/mol. The smallest absolute Gasteiger partial charge is 0.126 e. The lowest BCUT2D eigenvalue weighted by molar-refractivity contribution is 0.161. The fourth-order valence-electron chi connectivity index (χ4n) is 2.32. The minimum atomic E-state index is 0.0603. The molecule has 1 unspecified atom stereocenters. The quantitative estimate of drug-likeness (QED) is 0.808. The van der Waals surface area contributed by atoms with Crippen molar-refractivity contribution in [1.82, 2.24) is 0 Å². The van der Waals surface area contributed by atoms with Crippen LogP contribution in [-0.4, -0.2) is 0 Å². The molecule has 0 fully saturated rings. The van der Waals surface area contributed by atoms with Crippen LogP contribution in [0.25, 0.3) is 0 Å². The number of benzene rings is 2. The summed E-state index contributed by atoms with van der Waals surface area (Å²) in [4.78, 5) is 0. The Morgan fingerprint density at radius 2 is 1.65 bits per heavy atom. The van der Waals surface area contributed by atoms with Crippen LogP contribution in [0.4, 0.5) is 0 Å². The van der Waals surface area contributed by atoms with Gasteiger partial charge in [0.05, 0.1) is 0 Å². The third-order valence-corrected chi connectivity index (χ3v) is 3.23. The van der Waals surface area contributed by atoms with Crippen molar-refractivity contribution in [3.05, 3.63) is 65.7 Å². The molecule has 86 valence electrons. The zero-order valence-electron chi connectivity index (χ0n) is 9.54. The molecule has 2 nitrogen and oxygen atoms in total. The van der Waals surface area contributed by atoms with Gasteiger partial charge in [0.25, 0.3) is 0 Å². The minimum absolute atomic E-state index is 0.0603. The number of para-hydroxylation sites is 1. The second-order valence-electron chi connectivity index (χ2n) is 4.40. The second kappa shape index (κ2) is 4.22. The number of hydrogen-bond acceptors (Lipinski definition) is 2. The molecule has 1 heterocycles. The first-order valence-corrected chi connectivity index (χ1v) is 5.91. The van der Waals surface area contributed by atoms with Crippen LogP contribution in [0.2, 0.25) is 0 Å². The lowest BCUT2D eigenvalue weighted by Crippen LogP contribution is -2.23. The van der Waals surface area contributed by atoms with Crippen LogP contribution >= 0.6 is 0 Å². The summed E-state index contributed by atoms with van der Waals surface area (Å²) in [5, 5.41) is 0. The van der Waals surface area contributed by atoms with Crippen LogP contribution < -0.4 is 10.5 Å². The average molecular weight is 225 g/mol. The van der Waals surface area contributed by atoms with Crippen molar-refractivity contribution in [2.75, 3.05) is 0 Å². The summed E-state index contributed by atoms with van der Waals surface area (Å²) < 4.78 is 6.01. The van der Waals surface area contributed by atoms with Crippen molar-refractivity contribution in [2.45, 2.75) is 18.6 Å². The molecule has 0 saturated carbocycles. The first kappa shape index (κ1) is 10.4. The molecule has 3 rings (SSSR count). The molecule has 1 aliphatic heterocycles. The zero-order chi connectivity index (χ0) is 11.7. The molecule has 0 amide bonds. The zero-order valence-corrected chi connectivity index (χ0v) is 9.54. The fraction of sp³-hybridized carbons (Fsp3) is 0.200. The van der Waals surface area contributed by atoms with Crippen molar-refractivity contribution < 1.29 is 4.74 Å². The molecule has 0 bridgehead atoms. The summed E-state index contributed by atoms with van der Waals surface area (Å²) in [6.07, 6.45) is 0.905. The minimum Gasteiger partial charge on any atom is -0.485 e. The third-order valence-electron chi connectivity index (χ3n) is 3.23. The highest BCUT2D eigenvalue weighted by Gasteiger charge is 2.26. The van der Waals surface area contributed by atoms with E-state index in [1.807, 2.05) is 42.5 Å². The molecule has 2 N–H and O–H groups in total. The van der Waals surface area contributed by atoms with E-state index in [0.717, 1.165) is 17.7 Å². The van der Waals surface area contributed by atoms with Crippen molar-refractivity contribution >= 4 is 0 Å². The predicted octanol–water partition coefficient (Wildman–Crippen LogP) is 3.21. The summed E-state index contributed by atoms with van der Waals surface area (Å²) in [5.41, 5.74) is 8.50. The van der Waals surface area contributed by atoms with Crippen LogP contribution in [0.3, 0.4) is 0 Å². The standard InChI is InChI=1S/C15H15NO/c16-13-10-15(11-6-2-1-3-7-11)17-14-9-5-4-8-12(13)14/h1-9,13,15H,10,16H2/t13-,15?/m1/s1. The Hall–Kier alpha value is -1.80. The first-order chi connectivity index (χ1) is 8.34. The Bertz CT molecular complexity index is 509. The van der Waals surface area contributed by atoms with Gasteiger partial charge in [-0.05, 0) is 11.6 Å². The maximum Gasteiger partial charge on any atom is 0.126 e. The van der Waals surface area contributed by atoms with Crippen LogP contribution in [0, 0.1) is 0 Å². The molecule has 17 heavy (non-hydrogen) atoms. The monoisotopic (exact) mass is 225 g/mol. The van der Waals surface area contributed by atoms with Gasteiger partial charge in [-0.1, -0.05) is 48.5 Å². The van der Waals surface area contributed by atoms with Crippen molar-refractivity contribution in [2.24, 2.45) is 5.73 Å². The van der Waals surface area contributed by atoms with Crippen LogP contribution in [0.15, 0.2) is 54.6 Å². The first-order valence-electron chi connectivity index (χ1n) is 5.91. The van der Waals surface area contributed by atoms with Crippen molar-refractivity contribution in [3.8, 4) is 5.75 Å². The number of nitrogens with two attached hydrogens (primary N) is 1. The molecule has 2 aromatic rings. The highest BCUT2D eigenvalue weighted by molar-refractivity contribution is 5.38. The van der Waals surface area contributed by atoms with Gasteiger partial charge in [-0.15, -0.1) is 0 Å². The van der Waals surface area contributed by atoms with Gasteiger partial charge in [-0.25, -0.2) is 0 Å². The van der Waals surface area contributed by atoms with Crippen molar-refractivity contribution in [1.29, 1.82) is 0 Å². The SMILES string of the molecule is N[C@@H]1CC(c2ccccc2)Oc2ccccc21. The maximum absolute atomic E-state index is 6.19. The molecule has 0 aliphatic carbocycles. The summed E-state index contributed by atoms with van der Waals surface area (Å²) in [6, 6.07) is 18.3. The molecule has 2 atom stereocenters. The van der Waals surface area contributed by atoms with Crippen LogP contribution in [0.5, 0.6) is 5.75 Å². The number of fused-ring (bicyclic) bond motifs is 1. The van der Waals surface area contributed by atoms with E-state index in [0.29, 0.717) is 0 Å². The van der Waals surface area contributed by atoms with Gasteiger partial charge in [-0.3, -0.25) is 0 Å². The largest absolute Gasteiger partial charge is 0.485 e. The highest BCUT2D eigenvalue weighted by Crippen LogP contribution is 2.39. The van der Waals surface area contributed by atoms with E-state index in [-0.39, 0.29) is 12.1 Å². The van der Waals surface area contributed by atoms with E-state index in [2.05, 4.69) is 12.1 Å². The van der Waals surface area contributed by atoms with Crippen LogP contribution in [-0.2, 0) is 0 Å². The van der Waals surface area contributed by atoms with Crippen LogP contribution in [0.1, 0.15) is 29.7 Å². The molecule has 0 saturated heterocycles. The Morgan fingerprint density at radius 1 is 0.941 bits per heavy atom. The van der Waals surface area contributed by atoms with Gasteiger partial charge in [-0.2, -0.15) is 0 Å². The summed E-state index contributed by atoms with van der Waals surface area (Å²) in [5.74, 6) is 0.917. The van der Waals surface area contributed by atoms with E-state index < -0.39 is 0 Å². The number of ether oxygens (including phenoxy) is 1. The van der Waals surface area contributed by atoms with Gasteiger partial charge in [0, 0.05) is 18.0 Å². The van der Waals surface area contributed by atoms with E-state index in [1.165, 1.54) is 5.56 Å². The molecule has 2 aromatic carbocycles. The maximum atomic E-state index is 6.19. The Labute approximate surface area is 101 Å². The molecule has 1 aliphatic rings. The highest BCUT2D eigenvalue weighted by atomic mass is 16.5. The predicted molar refractivity (Wildman–Crippen MR) is 67.8 cm³/mol. The number of hydrogen-bond donors (Lipinski definition) is 1. The van der Waals surface area contributed by atoms with E-state index in [4.69, 9.17) is 10.5 Å². The summed E-state index contributed by atoms with van der Waals surface area (Å²) >= 11 is 0. The number of rotatable bonds is 1. The summed E-state index contributed by atoms with van der Waals surface area (Å²) in [7, 11) is 0. The van der Waals surface area contributed by atoms with Gasteiger partial charge in [0.15, 0.2) is 0 Å². The topological polar surface area (TPSA) is 35.2 Å². The van der Waals surface area contributed by atoms with Gasteiger partial charge >= 0.3 is 0 Å². The van der Waals surface area contributed by atoms with Gasteiger partial charge < -0.3 is 10.5 Å². The van der Waals surface area contributed by atoms with Gasteiger partial charge in [0.1, 0.15) is 11.9 Å².